The highest BCUT2D eigenvalue weighted by atomic mass is 19.4. The number of benzene rings is 1. The lowest BCUT2D eigenvalue weighted by Gasteiger charge is -2.42. The third-order valence-electron chi connectivity index (χ3n) is 4.58. The molecule has 4 N–H and O–H groups in total. The highest BCUT2D eigenvalue weighted by molar-refractivity contribution is 5.96. The fourth-order valence-electron chi connectivity index (χ4n) is 2.99. The van der Waals surface area contributed by atoms with Crippen LogP contribution in [0.3, 0.4) is 0 Å². The molecular formula is C18H24F3NO5. The number of halogens is 3. The molecule has 1 aromatic rings. The van der Waals surface area contributed by atoms with Gasteiger partial charge in [-0.1, -0.05) is 12.1 Å². The minimum absolute atomic E-state index is 0.357. The topological polar surface area (TPSA) is 107 Å². The summed E-state index contributed by atoms with van der Waals surface area (Å²) in [4.78, 5) is 22.0. The molecule has 0 bridgehead atoms. The summed E-state index contributed by atoms with van der Waals surface area (Å²) in [7, 11) is 1.58. The van der Waals surface area contributed by atoms with Gasteiger partial charge in [-0.2, -0.15) is 13.2 Å². The highest BCUT2D eigenvalue weighted by Crippen LogP contribution is 2.39. The van der Waals surface area contributed by atoms with Gasteiger partial charge < -0.3 is 20.6 Å². The second-order valence-electron chi connectivity index (χ2n) is 6.70. The lowest BCUT2D eigenvalue weighted by atomic mass is 9.69. The summed E-state index contributed by atoms with van der Waals surface area (Å²) in [5.41, 5.74) is -2.91. The number of aliphatic hydroxyl groups is 2. The van der Waals surface area contributed by atoms with Crippen molar-refractivity contribution in [1.82, 2.24) is 5.32 Å². The van der Waals surface area contributed by atoms with Gasteiger partial charge in [0.25, 0.3) is 0 Å². The van der Waals surface area contributed by atoms with E-state index in [4.69, 9.17) is 10.2 Å². The first kappa shape index (κ1) is 23.1. The standard InChI is InChI=1S/C15H18F3NO2.C3H6O3/c1-13(21)8-3-9-14(19-2,12(13)20)10-4-6-11(7-5-10)15(16,17)18;1-2(4)3(5)6/h4-7,19,21H,3,8-9H2,1-2H3;2,4H,1H3,(H,5,6)/t13-,14+;2-/m00/s1. The summed E-state index contributed by atoms with van der Waals surface area (Å²) in [6.45, 7) is 2.65. The average molecular weight is 391 g/mol. The van der Waals surface area contributed by atoms with E-state index in [1.54, 1.807) is 7.05 Å². The lowest BCUT2D eigenvalue weighted by Crippen LogP contribution is -2.59. The molecule has 1 fully saturated rings. The van der Waals surface area contributed by atoms with Crippen molar-refractivity contribution >= 4 is 11.8 Å². The Morgan fingerprint density at radius 2 is 1.70 bits per heavy atom. The van der Waals surface area contributed by atoms with Gasteiger partial charge in [-0.3, -0.25) is 4.79 Å². The fraction of sp³-hybridized carbons (Fsp3) is 0.556. The summed E-state index contributed by atoms with van der Waals surface area (Å²) in [6.07, 6.45) is -4.22. The number of nitrogens with one attached hydrogen (secondary N) is 1. The van der Waals surface area contributed by atoms with Crippen molar-refractivity contribution in [1.29, 1.82) is 0 Å². The molecule has 2 rings (SSSR count). The number of aliphatic hydroxyl groups excluding tert-OH is 1. The highest BCUT2D eigenvalue weighted by Gasteiger charge is 2.50. The lowest BCUT2D eigenvalue weighted by molar-refractivity contribution is -0.148. The van der Waals surface area contributed by atoms with Gasteiger partial charge in [0.2, 0.25) is 0 Å². The first-order valence-electron chi connectivity index (χ1n) is 8.33. The van der Waals surface area contributed by atoms with E-state index in [0.29, 0.717) is 24.8 Å². The first-order valence-corrected chi connectivity index (χ1v) is 8.33. The van der Waals surface area contributed by atoms with Gasteiger partial charge in [0, 0.05) is 0 Å². The number of carbonyl (C=O) groups is 2. The number of likely N-dealkylation sites (N-methyl/N-ethyl adjacent to an activating group) is 1. The number of hydrogen-bond acceptors (Lipinski definition) is 5. The largest absolute Gasteiger partial charge is 0.479 e. The molecule has 3 atom stereocenters. The molecule has 0 radical (unpaired) electrons. The molecule has 6 nitrogen and oxygen atoms in total. The van der Waals surface area contributed by atoms with Crippen LogP contribution in [0.1, 0.15) is 44.2 Å². The Kier molecular flexibility index (Phi) is 7.15. The van der Waals surface area contributed by atoms with Gasteiger partial charge >= 0.3 is 12.1 Å². The number of carboxylic acids is 1. The van der Waals surface area contributed by atoms with E-state index >= 15 is 0 Å². The van der Waals surface area contributed by atoms with E-state index in [2.05, 4.69) is 5.32 Å². The smallest absolute Gasteiger partial charge is 0.416 e. The normalized spacial score (nSPS) is 26.7. The van der Waals surface area contributed by atoms with Crippen LogP contribution in [-0.2, 0) is 21.3 Å². The van der Waals surface area contributed by atoms with Crippen LogP contribution in [0.2, 0.25) is 0 Å². The van der Waals surface area contributed by atoms with Crippen LogP contribution < -0.4 is 5.32 Å². The van der Waals surface area contributed by atoms with Crippen molar-refractivity contribution in [2.75, 3.05) is 7.05 Å². The van der Waals surface area contributed by atoms with E-state index < -0.39 is 40.7 Å². The third-order valence-corrected chi connectivity index (χ3v) is 4.58. The van der Waals surface area contributed by atoms with E-state index in [-0.39, 0.29) is 0 Å². The zero-order chi connectivity index (χ0) is 21.0. The number of hydrogen-bond donors (Lipinski definition) is 4. The predicted molar refractivity (Wildman–Crippen MR) is 91.0 cm³/mol. The van der Waals surface area contributed by atoms with Gasteiger partial charge in [-0.25, -0.2) is 4.79 Å². The van der Waals surface area contributed by atoms with Crippen LogP contribution in [0.15, 0.2) is 24.3 Å². The number of alkyl halides is 3. The van der Waals surface area contributed by atoms with Crippen LogP contribution in [-0.4, -0.2) is 45.8 Å². The van der Waals surface area contributed by atoms with E-state index in [1.807, 2.05) is 0 Å². The van der Waals surface area contributed by atoms with Crippen molar-refractivity contribution in [2.24, 2.45) is 0 Å². The van der Waals surface area contributed by atoms with Crippen molar-refractivity contribution < 1.29 is 38.1 Å². The number of rotatable bonds is 3. The van der Waals surface area contributed by atoms with Gasteiger partial charge in [0.1, 0.15) is 17.2 Å². The molecule has 1 aromatic carbocycles. The minimum Gasteiger partial charge on any atom is -0.479 e. The maximum Gasteiger partial charge on any atom is 0.416 e. The van der Waals surface area contributed by atoms with Crippen LogP contribution >= 0.6 is 0 Å². The Bertz CT molecular complexity index is 671. The predicted octanol–water partition coefficient (Wildman–Crippen LogP) is 2.08. The molecule has 0 aliphatic heterocycles. The number of carbonyl (C=O) groups excluding carboxylic acids is 1. The Morgan fingerprint density at radius 1 is 1.22 bits per heavy atom. The maximum absolute atomic E-state index is 12.6. The maximum atomic E-state index is 12.6. The molecule has 27 heavy (non-hydrogen) atoms. The molecule has 0 aromatic heterocycles. The number of ketones is 1. The van der Waals surface area contributed by atoms with E-state index in [9.17, 15) is 27.9 Å². The molecule has 9 heteroatoms. The average Bonchev–Trinajstić information content (AvgIpc) is 2.57. The van der Waals surface area contributed by atoms with Crippen LogP contribution in [0.5, 0.6) is 0 Å². The quantitative estimate of drug-likeness (QED) is 0.629. The van der Waals surface area contributed by atoms with Gasteiger partial charge in [0.15, 0.2) is 5.78 Å². The second kappa shape index (κ2) is 8.37. The Balaban J connectivity index is 0.000000527. The Labute approximate surface area is 155 Å². The first-order chi connectivity index (χ1) is 12.3. The van der Waals surface area contributed by atoms with Gasteiger partial charge in [-0.15, -0.1) is 0 Å². The second-order valence-corrected chi connectivity index (χ2v) is 6.70. The number of Topliss-reactive ketones (excluding diaryl/α,β-unsaturated/α-hetero) is 1. The molecule has 152 valence electrons. The fourth-order valence-corrected chi connectivity index (χ4v) is 2.99. The summed E-state index contributed by atoms with van der Waals surface area (Å²) in [5, 5.41) is 28.9. The zero-order valence-corrected chi connectivity index (χ0v) is 15.3. The molecule has 0 heterocycles. The molecule has 1 aliphatic carbocycles. The number of aliphatic carboxylic acids is 1. The van der Waals surface area contributed by atoms with Crippen LogP contribution in [0.4, 0.5) is 13.2 Å². The molecular weight excluding hydrogens is 367 g/mol. The summed E-state index contributed by atoms with van der Waals surface area (Å²) >= 11 is 0. The molecule has 1 saturated carbocycles. The van der Waals surface area contributed by atoms with Crippen molar-refractivity contribution in [2.45, 2.75) is 56.5 Å². The van der Waals surface area contributed by atoms with Crippen LogP contribution in [0.25, 0.3) is 0 Å². The summed E-state index contributed by atoms with van der Waals surface area (Å²) in [5.74, 6) is -1.58. The van der Waals surface area contributed by atoms with Gasteiger partial charge in [-0.05, 0) is 57.9 Å². The summed E-state index contributed by atoms with van der Waals surface area (Å²) in [6, 6.07) is 4.54. The molecule has 0 amide bonds. The summed E-state index contributed by atoms with van der Waals surface area (Å²) < 4.78 is 37.8. The van der Waals surface area contributed by atoms with E-state index in [0.717, 1.165) is 12.1 Å². The van der Waals surface area contributed by atoms with Crippen molar-refractivity contribution in [3.8, 4) is 0 Å². The molecule has 0 spiro atoms. The number of carboxylic acid groups (broad SMARTS) is 1. The minimum atomic E-state index is -4.41. The Hall–Kier alpha value is -1.97. The van der Waals surface area contributed by atoms with Crippen molar-refractivity contribution in [3.05, 3.63) is 35.4 Å². The van der Waals surface area contributed by atoms with Crippen LogP contribution in [0, 0.1) is 0 Å². The molecule has 0 saturated heterocycles. The molecule has 0 unspecified atom stereocenters. The van der Waals surface area contributed by atoms with E-state index in [1.165, 1.54) is 26.0 Å². The monoisotopic (exact) mass is 391 g/mol. The van der Waals surface area contributed by atoms with Crippen molar-refractivity contribution in [3.63, 3.8) is 0 Å². The molecule has 1 aliphatic rings. The van der Waals surface area contributed by atoms with Gasteiger partial charge in [0.05, 0.1) is 5.56 Å². The Morgan fingerprint density at radius 3 is 2.07 bits per heavy atom. The zero-order valence-electron chi connectivity index (χ0n) is 15.3. The third kappa shape index (κ3) is 5.27. The SMILES string of the molecule is CN[C@@]1(c2ccc(C(F)(F)F)cc2)CCC[C@](C)(O)C1=O.C[C@H](O)C(=O)O.